The third-order valence-corrected chi connectivity index (χ3v) is 7.13. The number of benzene rings is 3. The Balaban J connectivity index is 1.54. The molecule has 0 aliphatic carbocycles. The maximum atomic E-state index is 13.8. The highest BCUT2D eigenvalue weighted by Crippen LogP contribution is 2.38. The summed E-state index contributed by atoms with van der Waals surface area (Å²) in [6.45, 7) is 7.81. The van der Waals surface area contributed by atoms with Crippen LogP contribution in [-0.4, -0.2) is 21.6 Å². The Kier molecular flexibility index (Phi) is 6.91. The van der Waals surface area contributed by atoms with E-state index in [9.17, 15) is 9.59 Å². The van der Waals surface area contributed by atoms with Gasteiger partial charge in [-0.05, 0) is 74.7 Å². The molecule has 0 saturated heterocycles. The van der Waals surface area contributed by atoms with Gasteiger partial charge in [0.15, 0.2) is 0 Å². The van der Waals surface area contributed by atoms with Crippen LogP contribution in [0.5, 0.6) is 0 Å². The number of carbonyl (C=O) groups excluding carboxylic acids is 2. The van der Waals surface area contributed by atoms with Crippen molar-refractivity contribution in [2.24, 2.45) is 0 Å². The molecule has 0 radical (unpaired) electrons. The zero-order chi connectivity index (χ0) is 27.0. The van der Waals surface area contributed by atoms with E-state index in [-0.39, 0.29) is 11.8 Å². The molecule has 0 saturated carbocycles. The standard InChI is InChI=1S/C30H28BrN5O2/c1-17-6-5-7-23(15-17)34-29(37)24-16-32-36-27(21-9-11-22(31)12-10-21)26(20(4)33-28(24)36)30(38)35-25-13-8-18(2)14-19(25)3/h5-16,27,33H,1-4H3,(H,34,37)(H,35,38)/t27-/m0/s1. The molecule has 4 aromatic rings. The van der Waals surface area contributed by atoms with Crippen LogP contribution in [0.25, 0.3) is 0 Å². The first-order chi connectivity index (χ1) is 18.2. The number of aryl methyl sites for hydroxylation is 3. The van der Waals surface area contributed by atoms with Crippen molar-refractivity contribution in [2.75, 3.05) is 16.0 Å². The number of hydrogen-bond acceptors (Lipinski definition) is 4. The molecule has 0 unspecified atom stereocenters. The molecular formula is C30H28BrN5O2. The molecule has 192 valence electrons. The predicted octanol–water partition coefficient (Wildman–Crippen LogP) is 6.75. The quantitative estimate of drug-likeness (QED) is 0.248. The van der Waals surface area contributed by atoms with Crippen molar-refractivity contribution in [2.45, 2.75) is 33.7 Å². The summed E-state index contributed by atoms with van der Waals surface area (Å²) < 4.78 is 2.63. The van der Waals surface area contributed by atoms with E-state index in [4.69, 9.17) is 0 Å². The number of anilines is 3. The van der Waals surface area contributed by atoms with Gasteiger partial charge >= 0.3 is 0 Å². The molecule has 0 fully saturated rings. The second-order valence-corrected chi connectivity index (χ2v) is 10.5. The van der Waals surface area contributed by atoms with Crippen LogP contribution in [0, 0.1) is 20.8 Å². The van der Waals surface area contributed by atoms with Gasteiger partial charge in [0.2, 0.25) is 0 Å². The summed E-state index contributed by atoms with van der Waals surface area (Å²) in [5, 5.41) is 13.9. The van der Waals surface area contributed by atoms with Gasteiger partial charge in [-0.1, -0.05) is 57.9 Å². The monoisotopic (exact) mass is 569 g/mol. The number of aromatic nitrogens is 2. The van der Waals surface area contributed by atoms with Crippen LogP contribution in [0.1, 0.15) is 45.6 Å². The third kappa shape index (κ3) is 4.99. The van der Waals surface area contributed by atoms with Crippen molar-refractivity contribution in [3.63, 3.8) is 0 Å². The number of nitrogens with one attached hydrogen (secondary N) is 3. The van der Waals surface area contributed by atoms with E-state index in [1.165, 1.54) is 6.20 Å². The van der Waals surface area contributed by atoms with Crippen molar-refractivity contribution in [3.05, 3.63) is 116 Å². The maximum Gasteiger partial charge on any atom is 0.261 e. The molecular weight excluding hydrogens is 542 g/mol. The van der Waals surface area contributed by atoms with Gasteiger partial charge in [0, 0.05) is 21.5 Å². The van der Waals surface area contributed by atoms with Crippen molar-refractivity contribution in [1.82, 2.24) is 9.78 Å². The Labute approximate surface area is 230 Å². The van der Waals surface area contributed by atoms with Gasteiger partial charge in [-0.15, -0.1) is 0 Å². The van der Waals surface area contributed by atoms with Crippen molar-refractivity contribution in [1.29, 1.82) is 0 Å². The number of carbonyl (C=O) groups is 2. The van der Waals surface area contributed by atoms with Gasteiger partial charge in [0.1, 0.15) is 17.4 Å². The largest absolute Gasteiger partial charge is 0.343 e. The van der Waals surface area contributed by atoms with Gasteiger partial charge in [-0.25, -0.2) is 4.68 Å². The van der Waals surface area contributed by atoms with E-state index in [0.717, 1.165) is 32.4 Å². The molecule has 1 aliphatic rings. The van der Waals surface area contributed by atoms with Crippen LogP contribution in [-0.2, 0) is 4.79 Å². The molecule has 0 bridgehead atoms. The van der Waals surface area contributed by atoms with E-state index < -0.39 is 6.04 Å². The normalized spacial score (nSPS) is 14.5. The number of nitrogens with zero attached hydrogens (tertiary/aromatic N) is 2. The molecule has 8 heteroatoms. The Hall–Kier alpha value is -4.17. The zero-order valence-electron chi connectivity index (χ0n) is 21.6. The molecule has 7 nitrogen and oxygen atoms in total. The molecule has 38 heavy (non-hydrogen) atoms. The molecule has 2 heterocycles. The molecule has 0 spiro atoms. The molecule has 5 rings (SSSR count). The van der Waals surface area contributed by atoms with Crippen LogP contribution in [0.3, 0.4) is 0 Å². The van der Waals surface area contributed by atoms with Crippen LogP contribution in [0.2, 0.25) is 0 Å². The van der Waals surface area contributed by atoms with Crippen LogP contribution >= 0.6 is 15.9 Å². The lowest BCUT2D eigenvalue weighted by molar-refractivity contribution is -0.113. The van der Waals surface area contributed by atoms with Gasteiger partial charge in [0.25, 0.3) is 11.8 Å². The Morgan fingerprint density at radius 1 is 0.895 bits per heavy atom. The van der Waals surface area contributed by atoms with Gasteiger partial charge in [0.05, 0.1) is 11.8 Å². The number of halogens is 1. The fourth-order valence-electron chi connectivity index (χ4n) is 4.73. The van der Waals surface area contributed by atoms with Crippen molar-refractivity contribution in [3.8, 4) is 0 Å². The Morgan fingerprint density at radius 2 is 1.63 bits per heavy atom. The minimum atomic E-state index is -0.536. The van der Waals surface area contributed by atoms with E-state index in [1.54, 1.807) is 4.68 Å². The summed E-state index contributed by atoms with van der Waals surface area (Å²) in [5.41, 5.74) is 7.04. The molecule has 1 aliphatic heterocycles. The number of fused-ring (bicyclic) bond motifs is 1. The lowest BCUT2D eigenvalue weighted by Gasteiger charge is -2.30. The van der Waals surface area contributed by atoms with Crippen molar-refractivity contribution < 1.29 is 9.59 Å². The predicted molar refractivity (Wildman–Crippen MR) is 155 cm³/mol. The summed E-state index contributed by atoms with van der Waals surface area (Å²) in [4.78, 5) is 27.0. The lowest BCUT2D eigenvalue weighted by atomic mass is 9.94. The first kappa shape index (κ1) is 25.5. The fraction of sp³-hybridized carbons (Fsp3) is 0.167. The lowest BCUT2D eigenvalue weighted by Crippen LogP contribution is -2.32. The number of amides is 2. The smallest absolute Gasteiger partial charge is 0.261 e. The summed E-state index contributed by atoms with van der Waals surface area (Å²) in [6.07, 6.45) is 1.54. The topological polar surface area (TPSA) is 88.0 Å². The third-order valence-electron chi connectivity index (χ3n) is 6.60. The number of rotatable bonds is 5. The number of allylic oxidation sites excluding steroid dienone is 1. The van der Waals surface area contributed by atoms with Crippen LogP contribution in [0.15, 0.2) is 88.7 Å². The zero-order valence-corrected chi connectivity index (χ0v) is 23.2. The minimum absolute atomic E-state index is 0.234. The highest BCUT2D eigenvalue weighted by Gasteiger charge is 2.35. The first-order valence-corrected chi connectivity index (χ1v) is 13.1. The van der Waals surface area contributed by atoms with Gasteiger partial charge < -0.3 is 16.0 Å². The Morgan fingerprint density at radius 3 is 2.34 bits per heavy atom. The van der Waals surface area contributed by atoms with Gasteiger partial charge in [-0.3, -0.25) is 9.59 Å². The van der Waals surface area contributed by atoms with E-state index in [0.29, 0.717) is 28.3 Å². The molecule has 2 amide bonds. The van der Waals surface area contributed by atoms with E-state index in [1.807, 2.05) is 94.4 Å². The summed E-state index contributed by atoms with van der Waals surface area (Å²) in [5.74, 6) is 0.0142. The summed E-state index contributed by atoms with van der Waals surface area (Å²) in [7, 11) is 0. The second kappa shape index (κ2) is 10.3. The molecule has 3 N–H and O–H groups in total. The SMILES string of the molecule is CC1=C(C(=O)Nc2ccc(C)cc2C)[C@H](c2ccc(Br)cc2)n2ncc(C(=O)Nc3cccc(C)c3)c2N1. The van der Waals surface area contributed by atoms with Crippen LogP contribution < -0.4 is 16.0 Å². The highest BCUT2D eigenvalue weighted by molar-refractivity contribution is 9.10. The average Bonchev–Trinajstić information content (AvgIpc) is 3.29. The van der Waals surface area contributed by atoms with E-state index in [2.05, 4.69) is 37.0 Å². The van der Waals surface area contributed by atoms with E-state index >= 15 is 0 Å². The maximum absolute atomic E-state index is 13.8. The Bertz CT molecular complexity index is 1590. The van der Waals surface area contributed by atoms with Crippen LogP contribution in [0.4, 0.5) is 17.2 Å². The summed E-state index contributed by atoms with van der Waals surface area (Å²) >= 11 is 3.50. The first-order valence-electron chi connectivity index (χ1n) is 12.3. The van der Waals surface area contributed by atoms with Gasteiger partial charge in [-0.2, -0.15) is 5.10 Å². The average molecular weight is 570 g/mol. The fourth-order valence-corrected chi connectivity index (χ4v) is 5.00. The highest BCUT2D eigenvalue weighted by atomic mass is 79.9. The second-order valence-electron chi connectivity index (χ2n) is 9.57. The summed E-state index contributed by atoms with van der Waals surface area (Å²) in [6, 6.07) is 20.8. The molecule has 3 aromatic carbocycles. The minimum Gasteiger partial charge on any atom is -0.343 e. The van der Waals surface area contributed by atoms with Crippen molar-refractivity contribution >= 4 is 44.9 Å². The molecule has 1 atom stereocenters. The molecule has 1 aromatic heterocycles. The number of hydrogen-bond donors (Lipinski definition) is 3.